The van der Waals surface area contributed by atoms with Crippen LogP contribution in [0.2, 0.25) is 0 Å². The summed E-state index contributed by atoms with van der Waals surface area (Å²) in [6, 6.07) is 13.5. The lowest BCUT2D eigenvalue weighted by Crippen LogP contribution is -2.21. The number of carboxylic acid groups (broad SMARTS) is 1. The van der Waals surface area contributed by atoms with Gasteiger partial charge in [0, 0.05) is 29.5 Å². The summed E-state index contributed by atoms with van der Waals surface area (Å²) in [5, 5.41) is 27.5. The highest BCUT2D eigenvalue weighted by Gasteiger charge is 2.17. The van der Waals surface area contributed by atoms with Gasteiger partial charge in [-0.1, -0.05) is 18.2 Å². The van der Waals surface area contributed by atoms with E-state index in [0.29, 0.717) is 29.2 Å². The zero-order valence-electron chi connectivity index (χ0n) is 21.1. The van der Waals surface area contributed by atoms with Crippen LogP contribution in [0.3, 0.4) is 0 Å². The molecule has 0 spiro atoms. The first kappa shape index (κ1) is 28.0. The number of aromatic nitrogens is 1. The first-order chi connectivity index (χ1) is 17.7. The van der Waals surface area contributed by atoms with Crippen molar-refractivity contribution in [3.63, 3.8) is 0 Å². The summed E-state index contributed by atoms with van der Waals surface area (Å²) in [6.07, 6.45) is -1.67. The molecular formula is C28H32FNO7. The quantitative estimate of drug-likeness (QED) is 0.308. The number of aliphatic hydroxyl groups is 2. The first-order valence-electron chi connectivity index (χ1n) is 12.0. The van der Waals surface area contributed by atoms with Gasteiger partial charge >= 0.3 is 5.97 Å². The number of pyridine rings is 1. The van der Waals surface area contributed by atoms with Crippen LogP contribution in [-0.2, 0) is 16.1 Å². The van der Waals surface area contributed by atoms with Gasteiger partial charge in [-0.3, -0.25) is 4.79 Å². The third-order valence-electron chi connectivity index (χ3n) is 5.69. The molecule has 3 N–H and O–H groups in total. The van der Waals surface area contributed by atoms with Gasteiger partial charge in [0.1, 0.15) is 30.9 Å². The molecule has 3 aromatic rings. The summed E-state index contributed by atoms with van der Waals surface area (Å²) < 4.78 is 31.7. The van der Waals surface area contributed by atoms with Gasteiger partial charge in [0.15, 0.2) is 0 Å². The maximum absolute atomic E-state index is 14.8. The van der Waals surface area contributed by atoms with Crippen molar-refractivity contribution in [2.24, 2.45) is 0 Å². The number of benzene rings is 2. The normalized spacial score (nSPS) is 12.7. The van der Waals surface area contributed by atoms with Crippen LogP contribution in [0, 0.1) is 19.7 Å². The smallest absolute Gasteiger partial charge is 0.306 e. The van der Waals surface area contributed by atoms with E-state index in [1.54, 1.807) is 49.4 Å². The Bertz CT molecular complexity index is 1180. The van der Waals surface area contributed by atoms with Crippen LogP contribution in [-0.4, -0.2) is 52.2 Å². The molecule has 0 aliphatic rings. The average Bonchev–Trinajstić information content (AvgIpc) is 2.87. The van der Waals surface area contributed by atoms with E-state index in [2.05, 4.69) is 4.98 Å². The van der Waals surface area contributed by atoms with Crippen molar-refractivity contribution in [2.75, 3.05) is 19.8 Å². The van der Waals surface area contributed by atoms with Gasteiger partial charge in [0.05, 0.1) is 19.1 Å². The number of carbonyl (C=O) groups is 1. The number of hydrogen-bond acceptors (Lipinski definition) is 7. The maximum atomic E-state index is 14.8. The van der Waals surface area contributed by atoms with Crippen LogP contribution in [0.5, 0.6) is 11.6 Å². The zero-order valence-corrected chi connectivity index (χ0v) is 21.1. The molecule has 1 heterocycles. The van der Waals surface area contributed by atoms with Gasteiger partial charge in [-0.2, -0.15) is 0 Å². The molecule has 0 radical (unpaired) electrons. The molecule has 198 valence electrons. The van der Waals surface area contributed by atoms with Crippen molar-refractivity contribution >= 4 is 5.97 Å². The van der Waals surface area contributed by atoms with Crippen molar-refractivity contribution in [1.82, 2.24) is 4.98 Å². The second-order valence-corrected chi connectivity index (χ2v) is 8.60. The van der Waals surface area contributed by atoms with Crippen molar-refractivity contribution in [3.05, 3.63) is 76.7 Å². The topological polar surface area (TPSA) is 118 Å². The number of hydrogen-bond donors (Lipinski definition) is 3. The highest BCUT2D eigenvalue weighted by atomic mass is 19.1. The first-order valence-corrected chi connectivity index (χ1v) is 12.0. The number of ether oxygens (including phenoxy) is 3. The summed E-state index contributed by atoms with van der Waals surface area (Å²) in [6.45, 7) is 5.47. The molecule has 0 aliphatic heterocycles. The third kappa shape index (κ3) is 7.72. The Hall–Kier alpha value is -3.53. The van der Waals surface area contributed by atoms with Crippen molar-refractivity contribution < 1.29 is 38.7 Å². The summed E-state index contributed by atoms with van der Waals surface area (Å²) in [7, 11) is 0. The molecule has 0 bridgehead atoms. The van der Waals surface area contributed by atoms with Crippen LogP contribution < -0.4 is 9.47 Å². The molecule has 2 atom stereocenters. The molecule has 8 nitrogen and oxygen atoms in total. The minimum Gasteiger partial charge on any atom is -0.489 e. The predicted molar refractivity (Wildman–Crippen MR) is 135 cm³/mol. The molecule has 0 saturated heterocycles. The lowest BCUT2D eigenvalue weighted by Gasteiger charge is -2.16. The van der Waals surface area contributed by atoms with Gasteiger partial charge in [-0.05, 0) is 61.7 Å². The minimum absolute atomic E-state index is 0.101. The number of halogens is 1. The number of carboxylic acids is 1. The summed E-state index contributed by atoms with van der Waals surface area (Å²) in [5.41, 5.74) is 3.83. The molecule has 0 saturated carbocycles. The van der Waals surface area contributed by atoms with Gasteiger partial charge in [0.25, 0.3) is 0 Å². The van der Waals surface area contributed by atoms with E-state index in [4.69, 9.17) is 24.4 Å². The Morgan fingerprint density at radius 3 is 2.43 bits per heavy atom. The standard InChI is InChI=1S/C28H32FNO7/c1-4-35-25(13-27(33)34)20-6-8-22(9-7-20)36-15-19-5-10-24(29)23(12-19)28-17(2)11-26(30-18(28)3)37-16-21(32)14-31/h5-12,21,25,31-32H,4,13-16H2,1-3H3,(H,33,34)/t21-,25+/m1/s1. The largest absolute Gasteiger partial charge is 0.489 e. The van der Waals surface area contributed by atoms with Gasteiger partial charge < -0.3 is 29.5 Å². The molecule has 2 aromatic carbocycles. The Morgan fingerprint density at radius 2 is 1.81 bits per heavy atom. The molecule has 0 aliphatic carbocycles. The van der Waals surface area contributed by atoms with Crippen LogP contribution in [0.4, 0.5) is 4.39 Å². The van der Waals surface area contributed by atoms with E-state index in [-0.39, 0.29) is 25.5 Å². The Morgan fingerprint density at radius 1 is 1.08 bits per heavy atom. The molecule has 37 heavy (non-hydrogen) atoms. The fourth-order valence-electron chi connectivity index (χ4n) is 3.94. The van der Waals surface area contributed by atoms with Crippen molar-refractivity contribution in [1.29, 1.82) is 0 Å². The van der Waals surface area contributed by atoms with E-state index < -0.39 is 30.6 Å². The molecular weight excluding hydrogens is 481 g/mol. The highest BCUT2D eigenvalue weighted by molar-refractivity contribution is 5.71. The predicted octanol–water partition coefficient (Wildman–Crippen LogP) is 4.37. The Kier molecular flexibility index (Phi) is 9.96. The lowest BCUT2D eigenvalue weighted by atomic mass is 9.97. The SMILES string of the molecule is CCO[C@@H](CC(=O)O)c1ccc(OCc2ccc(F)c(-c3c(C)cc(OC[C@H](O)CO)nc3C)c2)cc1. The van der Waals surface area contributed by atoms with Crippen LogP contribution in [0.1, 0.15) is 41.8 Å². The van der Waals surface area contributed by atoms with Gasteiger partial charge in [-0.15, -0.1) is 0 Å². The van der Waals surface area contributed by atoms with Gasteiger partial charge in [0.2, 0.25) is 5.88 Å². The fraction of sp³-hybridized carbons (Fsp3) is 0.357. The second kappa shape index (κ2) is 13.1. The molecule has 0 fully saturated rings. The molecule has 3 rings (SSSR count). The van der Waals surface area contributed by atoms with E-state index in [0.717, 1.165) is 16.7 Å². The number of aliphatic carboxylic acids is 1. The lowest BCUT2D eigenvalue weighted by molar-refractivity contribution is -0.140. The monoisotopic (exact) mass is 513 g/mol. The van der Waals surface area contributed by atoms with Crippen LogP contribution in [0.25, 0.3) is 11.1 Å². The van der Waals surface area contributed by atoms with Crippen molar-refractivity contribution in [2.45, 2.75) is 46.0 Å². The number of aliphatic hydroxyl groups excluding tert-OH is 2. The summed E-state index contributed by atoms with van der Waals surface area (Å²) in [4.78, 5) is 15.5. The molecule has 1 aromatic heterocycles. The van der Waals surface area contributed by atoms with E-state index in [1.165, 1.54) is 6.07 Å². The Labute approximate surface area is 215 Å². The number of rotatable bonds is 13. The summed E-state index contributed by atoms with van der Waals surface area (Å²) >= 11 is 0. The number of aryl methyl sites for hydroxylation is 2. The zero-order chi connectivity index (χ0) is 26.9. The van der Waals surface area contributed by atoms with Gasteiger partial charge in [-0.25, -0.2) is 9.37 Å². The molecule has 9 heteroatoms. The van der Waals surface area contributed by atoms with E-state index in [9.17, 15) is 14.3 Å². The van der Waals surface area contributed by atoms with Crippen LogP contribution in [0.15, 0.2) is 48.5 Å². The maximum Gasteiger partial charge on any atom is 0.306 e. The number of nitrogens with zero attached hydrogens (tertiary/aromatic N) is 1. The summed E-state index contributed by atoms with van der Waals surface area (Å²) in [5.74, 6) is -0.467. The fourth-order valence-corrected chi connectivity index (χ4v) is 3.94. The molecule has 0 amide bonds. The molecule has 0 unspecified atom stereocenters. The third-order valence-corrected chi connectivity index (χ3v) is 5.69. The minimum atomic E-state index is -1.01. The second-order valence-electron chi connectivity index (χ2n) is 8.60. The highest BCUT2D eigenvalue weighted by Crippen LogP contribution is 2.32. The van der Waals surface area contributed by atoms with Crippen molar-refractivity contribution in [3.8, 4) is 22.8 Å². The van der Waals surface area contributed by atoms with E-state index in [1.807, 2.05) is 13.8 Å². The van der Waals surface area contributed by atoms with E-state index >= 15 is 0 Å². The average molecular weight is 514 g/mol. The van der Waals surface area contributed by atoms with Crippen LogP contribution >= 0.6 is 0 Å². The Balaban J connectivity index is 1.74.